The van der Waals surface area contributed by atoms with Crippen molar-refractivity contribution in [3.8, 4) is 0 Å². The van der Waals surface area contributed by atoms with E-state index in [2.05, 4.69) is 4.89 Å². The Kier molecular flexibility index (Phi) is 4.82. The van der Waals surface area contributed by atoms with Gasteiger partial charge in [-0.25, -0.2) is 4.79 Å². The zero-order valence-electron chi connectivity index (χ0n) is 5.78. The summed E-state index contributed by atoms with van der Waals surface area (Å²) in [6, 6.07) is 0. The number of hydrogen-bond donors (Lipinski definition) is 2. The number of carbonyl (C=O) groups excluding carboxylic acids is 1. The molecule has 0 aromatic heterocycles. The predicted molar refractivity (Wildman–Crippen MR) is 32.4 cm³/mol. The van der Waals surface area contributed by atoms with Gasteiger partial charge in [0, 0.05) is 13.1 Å². The van der Waals surface area contributed by atoms with Gasteiger partial charge in [-0.15, -0.1) is 0 Å². The van der Waals surface area contributed by atoms with Crippen LogP contribution in [-0.2, 0) is 9.68 Å². The minimum atomic E-state index is -0.743. The van der Waals surface area contributed by atoms with Crippen LogP contribution in [0.1, 0.15) is 13.3 Å². The van der Waals surface area contributed by atoms with Crippen molar-refractivity contribution in [3.63, 3.8) is 0 Å². The van der Waals surface area contributed by atoms with Crippen LogP contribution in [0.2, 0.25) is 0 Å². The van der Waals surface area contributed by atoms with Crippen molar-refractivity contribution in [3.05, 3.63) is 0 Å². The summed E-state index contributed by atoms with van der Waals surface area (Å²) in [7, 11) is 0. The highest BCUT2D eigenvalue weighted by Gasteiger charge is 2.03. The summed E-state index contributed by atoms with van der Waals surface area (Å²) in [4.78, 5) is 13.6. The molecule has 0 aromatic rings. The third-order valence-corrected chi connectivity index (χ3v) is 1.04. The first-order chi connectivity index (χ1) is 4.70. The van der Waals surface area contributed by atoms with Crippen LogP contribution in [0, 0.1) is 0 Å². The minimum Gasteiger partial charge on any atom is -0.314 e. The highest BCUT2D eigenvalue weighted by Crippen LogP contribution is 1.87. The molecule has 0 radical (unpaired) electrons. The minimum absolute atomic E-state index is 0.0131. The first-order valence-corrected chi connectivity index (χ1v) is 2.98. The summed E-state index contributed by atoms with van der Waals surface area (Å²) in [6.45, 7) is 2.36. The molecule has 60 valence electrons. The van der Waals surface area contributed by atoms with Gasteiger partial charge in [-0.1, -0.05) is 6.92 Å². The van der Waals surface area contributed by atoms with Crippen LogP contribution in [0.3, 0.4) is 0 Å². The largest absolute Gasteiger partial charge is 0.343 e. The Hall–Kier alpha value is -0.650. The second-order valence-corrected chi connectivity index (χ2v) is 1.76. The van der Waals surface area contributed by atoms with E-state index in [-0.39, 0.29) is 13.0 Å². The monoisotopic (exact) mass is 149 g/mol. The highest BCUT2D eigenvalue weighted by atomic mass is 17.1. The number of hydrogen-bond acceptors (Lipinski definition) is 5. The second kappa shape index (κ2) is 5.16. The van der Waals surface area contributed by atoms with Crippen molar-refractivity contribution in [2.24, 2.45) is 0 Å². The van der Waals surface area contributed by atoms with E-state index < -0.39 is 5.97 Å². The van der Waals surface area contributed by atoms with E-state index in [1.807, 2.05) is 0 Å². The Morgan fingerprint density at radius 2 is 2.30 bits per heavy atom. The molecule has 2 N–H and O–H groups in total. The molecular formula is C5H11NO4. The molecule has 0 heterocycles. The smallest absolute Gasteiger partial charge is 0.314 e. The van der Waals surface area contributed by atoms with Crippen molar-refractivity contribution < 1.29 is 20.1 Å². The molecule has 0 aliphatic rings. The molecule has 0 saturated carbocycles. The van der Waals surface area contributed by atoms with E-state index in [1.165, 1.54) is 0 Å². The van der Waals surface area contributed by atoms with Crippen molar-refractivity contribution in [1.29, 1.82) is 0 Å². The van der Waals surface area contributed by atoms with Gasteiger partial charge < -0.3 is 10.1 Å². The summed E-state index contributed by atoms with van der Waals surface area (Å²) >= 11 is 0. The third kappa shape index (κ3) is 4.25. The highest BCUT2D eigenvalue weighted by molar-refractivity contribution is 5.68. The van der Waals surface area contributed by atoms with Gasteiger partial charge in [-0.05, 0) is 0 Å². The average molecular weight is 149 g/mol. The fraction of sp³-hybridized carbons (Fsp3) is 0.800. The quantitative estimate of drug-likeness (QED) is 0.438. The summed E-state index contributed by atoms with van der Waals surface area (Å²) in [6.07, 6.45) is -0.0131. The number of nitrogens with zero attached hydrogens (tertiary/aromatic N) is 1. The Labute approximate surface area is 58.7 Å². The lowest BCUT2D eigenvalue weighted by Crippen LogP contribution is -2.22. The van der Waals surface area contributed by atoms with Gasteiger partial charge in [0.15, 0.2) is 0 Å². The van der Waals surface area contributed by atoms with E-state index in [0.29, 0.717) is 6.54 Å². The van der Waals surface area contributed by atoms with Crippen molar-refractivity contribution in [2.75, 3.05) is 13.1 Å². The fourth-order valence-corrected chi connectivity index (χ4v) is 0.424. The Balaban J connectivity index is 3.26. The number of hydroxylamine groups is 2. The molecule has 0 atom stereocenters. The molecule has 0 aromatic carbocycles. The zero-order valence-corrected chi connectivity index (χ0v) is 5.78. The fourth-order valence-electron chi connectivity index (χ4n) is 0.424. The van der Waals surface area contributed by atoms with Crippen LogP contribution in [0.25, 0.3) is 0 Å². The van der Waals surface area contributed by atoms with Gasteiger partial charge in [-0.3, -0.25) is 0 Å². The average Bonchev–Trinajstić information content (AvgIpc) is 1.99. The standard InChI is InChI=1S/C5H11NO4/c1-2-6(8)4-3-5(7)10-9/h8-9H,2-4H2,1H3. The van der Waals surface area contributed by atoms with E-state index >= 15 is 0 Å². The van der Waals surface area contributed by atoms with E-state index in [4.69, 9.17) is 10.5 Å². The van der Waals surface area contributed by atoms with Gasteiger partial charge in [0.2, 0.25) is 0 Å². The van der Waals surface area contributed by atoms with Crippen LogP contribution < -0.4 is 0 Å². The predicted octanol–water partition coefficient (Wildman–Crippen LogP) is 0.104. The first kappa shape index (κ1) is 9.35. The van der Waals surface area contributed by atoms with Gasteiger partial charge >= 0.3 is 5.97 Å². The summed E-state index contributed by atoms with van der Waals surface area (Å²) in [5.74, 6) is -0.743. The van der Waals surface area contributed by atoms with Gasteiger partial charge in [0.05, 0.1) is 6.42 Å². The molecule has 0 bridgehead atoms. The molecule has 0 fully saturated rings. The van der Waals surface area contributed by atoms with Crippen molar-refractivity contribution >= 4 is 5.97 Å². The molecule has 0 saturated heterocycles. The molecule has 10 heavy (non-hydrogen) atoms. The molecule has 0 spiro atoms. The molecule has 0 unspecified atom stereocenters. The van der Waals surface area contributed by atoms with Crippen LogP contribution in [-0.4, -0.2) is 34.6 Å². The van der Waals surface area contributed by atoms with E-state index in [0.717, 1.165) is 5.06 Å². The van der Waals surface area contributed by atoms with Gasteiger partial charge in [-0.2, -0.15) is 10.3 Å². The lowest BCUT2D eigenvalue weighted by atomic mass is 10.4. The lowest BCUT2D eigenvalue weighted by Gasteiger charge is -2.08. The summed E-state index contributed by atoms with van der Waals surface area (Å²) < 4.78 is 0. The maximum absolute atomic E-state index is 10.2. The third-order valence-electron chi connectivity index (χ3n) is 1.04. The van der Waals surface area contributed by atoms with Crippen LogP contribution >= 0.6 is 0 Å². The van der Waals surface area contributed by atoms with E-state index in [9.17, 15) is 4.79 Å². The molecule has 0 rings (SSSR count). The van der Waals surface area contributed by atoms with Gasteiger partial charge in [0.1, 0.15) is 0 Å². The second-order valence-electron chi connectivity index (χ2n) is 1.76. The lowest BCUT2D eigenvalue weighted by molar-refractivity contribution is -0.235. The molecular weight excluding hydrogens is 138 g/mol. The van der Waals surface area contributed by atoms with Crippen molar-refractivity contribution in [1.82, 2.24) is 5.06 Å². The maximum Gasteiger partial charge on any atom is 0.343 e. The van der Waals surface area contributed by atoms with Crippen molar-refractivity contribution in [2.45, 2.75) is 13.3 Å². The molecule has 5 nitrogen and oxygen atoms in total. The topological polar surface area (TPSA) is 70.0 Å². The Morgan fingerprint density at radius 3 is 2.70 bits per heavy atom. The van der Waals surface area contributed by atoms with Crippen LogP contribution in [0.4, 0.5) is 0 Å². The first-order valence-electron chi connectivity index (χ1n) is 2.98. The van der Waals surface area contributed by atoms with Gasteiger partial charge in [0.25, 0.3) is 0 Å². The Morgan fingerprint density at radius 1 is 1.70 bits per heavy atom. The summed E-state index contributed by atoms with van der Waals surface area (Å²) in [5, 5.41) is 17.5. The Bertz CT molecular complexity index is 106. The molecule has 0 aliphatic carbocycles. The summed E-state index contributed by atoms with van der Waals surface area (Å²) in [5.41, 5.74) is 0. The normalized spacial score (nSPS) is 10.0. The zero-order chi connectivity index (χ0) is 7.98. The molecule has 0 amide bonds. The molecule has 0 aliphatic heterocycles. The maximum atomic E-state index is 10.2. The number of rotatable bonds is 4. The van der Waals surface area contributed by atoms with Crippen LogP contribution in [0.15, 0.2) is 0 Å². The molecule has 5 heteroatoms. The van der Waals surface area contributed by atoms with E-state index in [1.54, 1.807) is 6.92 Å². The SMILES string of the molecule is CCN(O)CCC(=O)OO. The number of carbonyl (C=O) groups is 1. The van der Waals surface area contributed by atoms with Crippen LogP contribution in [0.5, 0.6) is 0 Å².